The van der Waals surface area contributed by atoms with Crippen LogP contribution in [-0.2, 0) is 9.53 Å². The molecule has 1 aliphatic carbocycles. The Morgan fingerprint density at radius 2 is 2.00 bits per heavy atom. The summed E-state index contributed by atoms with van der Waals surface area (Å²) in [7, 11) is 0. The van der Waals surface area contributed by atoms with E-state index in [0.29, 0.717) is 6.61 Å². The van der Waals surface area contributed by atoms with Crippen LogP contribution in [0.4, 0.5) is 0 Å². The number of ether oxygens (including phenoxy) is 1. The van der Waals surface area contributed by atoms with Crippen LogP contribution >= 0.6 is 0 Å². The van der Waals surface area contributed by atoms with E-state index in [1.54, 1.807) is 0 Å². The minimum absolute atomic E-state index is 0.0778. The van der Waals surface area contributed by atoms with Gasteiger partial charge in [-0.05, 0) is 19.8 Å². The molecule has 1 rings (SSSR count). The lowest BCUT2D eigenvalue weighted by Crippen LogP contribution is -2.51. The summed E-state index contributed by atoms with van der Waals surface area (Å²) in [5.74, 6) is 0.0778. The largest absolute Gasteiger partial charge is 0.374 e. The molecule has 0 saturated heterocycles. The lowest BCUT2D eigenvalue weighted by atomic mass is 9.79. The molecule has 1 aliphatic rings. The van der Waals surface area contributed by atoms with E-state index in [1.807, 2.05) is 6.92 Å². The highest BCUT2D eigenvalue weighted by Crippen LogP contribution is 2.26. The minimum Gasteiger partial charge on any atom is -0.374 e. The Bertz CT molecular complexity index is 174. The van der Waals surface area contributed by atoms with Crippen LogP contribution in [0.5, 0.6) is 0 Å². The molecule has 3 nitrogen and oxygen atoms in total. The monoisotopic (exact) mass is 185 g/mol. The van der Waals surface area contributed by atoms with Gasteiger partial charge < -0.3 is 10.5 Å². The predicted octanol–water partition coefficient (Wildman–Crippen LogP) is 1.25. The zero-order chi connectivity index (χ0) is 9.73. The van der Waals surface area contributed by atoms with Crippen molar-refractivity contribution in [3.8, 4) is 0 Å². The van der Waals surface area contributed by atoms with Gasteiger partial charge in [0.2, 0.25) is 0 Å². The van der Waals surface area contributed by atoms with Crippen molar-refractivity contribution in [2.24, 2.45) is 5.73 Å². The van der Waals surface area contributed by atoms with Gasteiger partial charge in [0, 0.05) is 6.61 Å². The molecule has 0 heterocycles. The summed E-state index contributed by atoms with van der Waals surface area (Å²) in [5, 5.41) is 0. The zero-order valence-electron chi connectivity index (χ0n) is 8.34. The second-order valence-electron chi connectivity index (χ2n) is 3.78. The number of hydrogen-bond acceptors (Lipinski definition) is 3. The van der Waals surface area contributed by atoms with Crippen molar-refractivity contribution >= 4 is 5.78 Å². The fraction of sp³-hybridized carbons (Fsp3) is 0.900. The molecule has 3 heteroatoms. The molecule has 76 valence electrons. The number of ketones is 1. The van der Waals surface area contributed by atoms with E-state index in [2.05, 4.69) is 0 Å². The molecular formula is C10H19NO2. The third-order valence-electron chi connectivity index (χ3n) is 2.74. The molecule has 0 atom stereocenters. The maximum Gasteiger partial charge on any atom is 0.178 e. The van der Waals surface area contributed by atoms with Crippen LogP contribution < -0.4 is 5.73 Å². The molecule has 0 aliphatic heterocycles. The first-order chi connectivity index (χ1) is 6.19. The third kappa shape index (κ3) is 2.78. The summed E-state index contributed by atoms with van der Waals surface area (Å²) in [6.45, 7) is 2.66. The van der Waals surface area contributed by atoms with Crippen molar-refractivity contribution in [3.63, 3.8) is 0 Å². The first kappa shape index (κ1) is 10.7. The summed E-state index contributed by atoms with van der Waals surface area (Å²) >= 11 is 0. The molecule has 0 bridgehead atoms. The fourth-order valence-corrected chi connectivity index (χ4v) is 1.80. The average molecular weight is 185 g/mol. The number of carbonyl (C=O) groups is 1. The highest BCUT2D eigenvalue weighted by molar-refractivity contribution is 5.89. The number of Topliss-reactive ketones (excluding diaryl/α,β-unsaturated/α-hetero) is 1. The SMILES string of the molecule is CCOCC(=O)C1(N)CCCCC1. The maximum absolute atomic E-state index is 11.6. The van der Waals surface area contributed by atoms with Crippen molar-refractivity contribution in [3.05, 3.63) is 0 Å². The predicted molar refractivity (Wildman–Crippen MR) is 51.5 cm³/mol. The number of hydrogen-bond donors (Lipinski definition) is 1. The van der Waals surface area contributed by atoms with Gasteiger partial charge in [0.1, 0.15) is 6.61 Å². The van der Waals surface area contributed by atoms with Crippen molar-refractivity contribution in [2.75, 3.05) is 13.2 Å². The normalized spacial score (nSPS) is 21.4. The Hall–Kier alpha value is -0.410. The molecule has 0 radical (unpaired) electrons. The second-order valence-corrected chi connectivity index (χ2v) is 3.78. The summed E-state index contributed by atoms with van der Waals surface area (Å²) < 4.78 is 5.08. The van der Waals surface area contributed by atoms with Crippen molar-refractivity contribution < 1.29 is 9.53 Å². The van der Waals surface area contributed by atoms with Crippen LogP contribution in [0.25, 0.3) is 0 Å². The number of nitrogens with two attached hydrogens (primary N) is 1. The van der Waals surface area contributed by atoms with Crippen LogP contribution in [0.1, 0.15) is 39.0 Å². The smallest absolute Gasteiger partial charge is 0.178 e. The highest BCUT2D eigenvalue weighted by Gasteiger charge is 2.34. The summed E-state index contributed by atoms with van der Waals surface area (Å²) in [4.78, 5) is 11.6. The Balaban J connectivity index is 2.42. The topological polar surface area (TPSA) is 52.3 Å². The molecule has 0 aromatic heterocycles. The minimum atomic E-state index is -0.576. The van der Waals surface area contributed by atoms with Gasteiger partial charge in [-0.1, -0.05) is 19.3 Å². The molecule has 0 unspecified atom stereocenters. The van der Waals surface area contributed by atoms with Gasteiger partial charge in [-0.3, -0.25) is 4.79 Å². The first-order valence-corrected chi connectivity index (χ1v) is 5.09. The number of rotatable bonds is 4. The Kier molecular flexibility index (Phi) is 3.88. The lowest BCUT2D eigenvalue weighted by Gasteiger charge is -2.31. The zero-order valence-corrected chi connectivity index (χ0v) is 8.34. The van der Waals surface area contributed by atoms with Gasteiger partial charge in [-0.15, -0.1) is 0 Å². The van der Waals surface area contributed by atoms with Gasteiger partial charge in [0.05, 0.1) is 5.54 Å². The van der Waals surface area contributed by atoms with E-state index in [4.69, 9.17) is 10.5 Å². The Morgan fingerprint density at radius 1 is 1.38 bits per heavy atom. The molecule has 1 fully saturated rings. The quantitative estimate of drug-likeness (QED) is 0.717. The van der Waals surface area contributed by atoms with E-state index < -0.39 is 5.54 Å². The van der Waals surface area contributed by atoms with E-state index in [-0.39, 0.29) is 12.4 Å². The lowest BCUT2D eigenvalue weighted by molar-refractivity contribution is -0.129. The number of carbonyl (C=O) groups excluding carboxylic acids is 1. The molecule has 0 aromatic rings. The van der Waals surface area contributed by atoms with E-state index in [1.165, 1.54) is 6.42 Å². The van der Waals surface area contributed by atoms with Gasteiger partial charge in [-0.2, -0.15) is 0 Å². The van der Waals surface area contributed by atoms with Gasteiger partial charge >= 0.3 is 0 Å². The van der Waals surface area contributed by atoms with Gasteiger partial charge in [-0.25, -0.2) is 0 Å². The first-order valence-electron chi connectivity index (χ1n) is 5.09. The Labute approximate surface area is 79.6 Å². The summed E-state index contributed by atoms with van der Waals surface area (Å²) in [6, 6.07) is 0. The molecule has 0 amide bonds. The molecule has 2 N–H and O–H groups in total. The average Bonchev–Trinajstić information content (AvgIpc) is 2.15. The van der Waals surface area contributed by atoms with Crippen molar-refractivity contribution in [1.29, 1.82) is 0 Å². The van der Waals surface area contributed by atoms with Crippen LogP contribution in [0, 0.1) is 0 Å². The van der Waals surface area contributed by atoms with Crippen LogP contribution in [0.3, 0.4) is 0 Å². The van der Waals surface area contributed by atoms with Gasteiger partial charge in [0.15, 0.2) is 5.78 Å². The van der Waals surface area contributed by atoms with E-state index in [0.717, 1.165) is 25.7 Å². The standard InChI is InChI=1S/C10H19NO2/c1-2-13-8-9(12)10(11)6-4-3-5-7-10/h2-8,11H2,1H3. The third-order valence-corrected chi connectivity index (χ3v) is 2.74. The van der Waals surface area contributed by atoms with Crippen LogP contribution in [0.15, 0.2) is 0 Å². The summed E-state index contributed by atoms with van der Waals surface area (Å²) in [6.07, 6.45) is 5.03. The van der Waals surface area contributed by atoms with Crippen molar-refractivity contribution in [2.45, 2.75) is 44.6 Å². The molecular weight excluding hydrogens is 166 g/mol. The molecule has 13 heavy (non-hydrogen) atoms. The highest BCUT2D eigenvalue weighted by atomic mass is 16.5. The maximum atomic E-state index is 11.6. The summed E-state index contributed by atoms with van der Waals surface area (Å²) in [5.41, 5.74) is 5.44. The van der Waals surface area contributed by atoms with Crippen LogP contribution in [0.2, 0.25) is 0 Å². The van der Waals surface area contributed by atoms with Crippen LogP contribution in [-0.4, -0.2) is 24.5 Å². The molecule has 0 spiro atoms. The molecule has 1 saturated carbocycles. The fourth-order valence-electron chi connectivity index (χ4n) is 1.80. The van der Waals surface area contributed by atoms with E-state index in [9.17, 15) is 4.79 Å². The Morgan fingerprint density at radius 3 is 2.54 bits per heavy atom. The van der Waals surface area contributed by atoms with Gasteiger partial charge in [0.25, 0.3) is 0 Å². The second kappa shape index (κ2) is 4.72. The van der Waals surface area contributed by atoms with E-state index >= 15 is 0 Å². The van der Waals surface area contributed by atoms with Crippen molar-refractivity contribution in [1.82, 2.24) is 0 Å². The molecule has 0 aromatic carbocycles.